The summed E-state index contributed by atoms with van der Waals surface area (Å²) in [5.41, 5.74) is 3.00. The van der Waals surface area contributed by atoms with Crippen molar-refractivity contribution in [2.75, 3.05) is 20.6 Å². The van der Waals surface area contributed by atoms with Gasteiger partial charge in [0.25, 0.3) is 0 Å². The third-order valence-corrected chi connectivity index (χ3v) is 3.53. The van der Waals surface area contributed by atoms with Gasteiger partial charge in [0.15, 0.2) is 5.65 Å². The molecule has 0 saturated carbocycles. The van der Waals surface area contributed by atoms with Crippen LogP contribution in [0.2, 0.25) is 0 Å². The van der Waals surface area contributed by atoms with Crippen molar-refractivity contribution in [3.05, 3.63) is 23.7 Å². The lowest BCUT2D eigenvalue weighted by Crippen LogP contribution is -2.18. The Morgan fingerprint density at radius 1 is 1.42 bits per heavy atom. The highest BCUT2D eigenvalue weighted by Gasteiger charge is 2.16. The summed E-state index contributed by atoms with van der Waals surface area (Å²) in [5.74, 6) is 1.32. The van der Waals surface area contributed by atoms with Gasteiger partial charge in [0.2, 0.25) is 0 Å². The summed E-state index contributed by atoms with van der Waals surface area (Å²) in [6, 6.07) is 2.41. The van der Waals surface area contributed by atoms with Crippen molar-refractivity contribution in [3.63, 3.8) is 0 Å². The predicted octanol–water partition coefficient (Wildman–Crippen LogP) is 2.99. The average molecular weight is 281 g/mol. The molecule has 1 unspecified atom stereocenters. The van der Waals surface area contributed by atoms with Crippen LogP contribution in [0.3, 0.4) is 0 Å². The Morgan fingerprint density at radius 3 is 2.79 bits per heavy atom. The minimum absolute atomic E-state index is 0.344. The third kappa shape index (κ3) is 3.07. The van der Waals surface area contributed by atoms with E-state index in [0.29, 0.717) is 11.9 Å². The molecule has 0 fully saturated rings. The Morgan fingerprint density at radius 2 is 2.16 bits per heavy atom. The number of hydrogen-bond acceptors (Lipinski definition) is 3. The SMILES string of the molecule is Cc1cnc2c(c1)nc(CCl)n2C(C)CCN(C)C. The molecule has 0 N–H and O–H groups in total. The zero-order valence-electron chi connectivity index (χ0n) is 12.0. The Kier molecular flexibility index (Phi) is 4.42. The molecule has 2 heterocycles. The topological polar surface area (TPSA) is 34.0 Å². The van der Waals surface area contributed by atoms with Gasteiger partial charge < -0.3 is 9.47 Å². The highest BCUT2D eigenvalue weighted by atomic mass is 35.5. The van der Waals surface area contributed by atoms with Crippen molar-refractivity contribution in [1.82, 2.24) is 19.4 Å². The number of alkyl halides is 1. The first-order valence-electron chi connectivity index (χ1n) is 6.57. The van der Waals surface area contributed by atoms with E-state index in [1.165, 1.54) is 0 Å². The van der Waals surface area contributed by atoms with E-state index >= 15 is 0 Å². The molecular weight excluding hydrogens is 260 g/mol. The van der Waals surface area contributed by atoms with Crippen LogP contribution in [0.4, 0.5) is 0 Å². The van der Waals surface area contributed by atoms with Gasteiger partial charge >= 0.3 is 0 Å². The number of aromatic nitrogens is 3. The maximum atomic E-state index is 6.03. The molecule has 0 amide bonds. The zero-order valence-corrected chi connectivity index (χ0v) is 12.8. The van der Waals surface area contributed by atoms with Gasteiger partial charge in [0.05, 0.1) is 5.88 Å². The fourth-order valence-corrected chi connectivity index (χ4v) is 2.45. The van der Waals surface area contributed by atoms with Gasteiger partial charge in [-0.1, -0.05) is 0 Å². The number of rotatable bonds is 5. The Hall–Kier alpha value is -1.13. The van der Waals surface area contributed by atoms with Crippen LogP contribution < -0.4 is 0 Å². The van der Waals surface area contributed by atoms with Crippen LogP contribution in [0.5, 0.6) is 0 Å². The summed E-state index contributed by atoms with van der Waals surface area (Å²) < 4.78 is 2.17. The highest BCUT2D eigenvalue weighted by Crippen LogP contribution is 2.23. The summed E-state index contributed by atoms with van der Waals surface area (Å²) in [6.45, 7) is 5.26. The third-order valence-electron chi connectivity index (χ3n) is 3.29. The fraction of sp³-hybridized carbons (Fsp3) is 0.571. The van der Waals surface area contributed by atoms with Gasteiger partial charge in [-0.15, -0.1) is 11.6 Å². The van der Waals surface area contributed by atoms with Gasteiger partial charge in [-0.3, -0.25) is 0 Å². The lowest BCUT2D eigenvalue weighted by atomic mass is 10.2. The molecule has 4 nitrogen and oxygen atoms in total. The molecule has 0 aliphatic carbocycles. The Labute approximate surface area is 119 Å². The second kappa shape index (κ2) is 5.88. The van der Waals surface area contributed by atoms with Crippen LogP contribution >= 0.6 is 11.6 Å². The van der Waals surface area contributed by atoms with E-state index in [0.717, 1.165) is 35.5 Å². The lowest BCUT2D eigenvalue weighted by Gasteiger charge is -2.18. The molecule has 19 heavy (non-hydrogen) atoms. The van der Waals surface area contributed by atoms with E-state index in [1.54, 1.807) is 0 Å². The monoisotopic (exact) mass is 280 g/mol. The molecule has 0 radical (unpaired) electrons. The molecule has 5 heteroatoms. The van der Waals surface area contributed by atoms with Crippen molar-refractivity contribution < 1.29 is 0 Å². The van der Waals surface area contributed by atoms with Gasteiger partial charge in [-0.05, 0) is 52.5 Å². The maximum absolute atomic E-state index is 6.03. The van der Waals surface area contributed by atoms with Gasteiger partial charge in [0.1, 0.15) is 11.3 Å². The molecule has 0 bridgehead atoms. The second-order valence-electron chi connectivity index (χ2n) is 5.33. The van der Waals surface area contributed by atoms with E-state index in [4.69, 9.17) is 11.6 Å². The van der Waals surface area contributed by atoms with E-state index in [1.807, 2.05) is 13.1 Å². The fourth-order valence-electron chi connectivity index (χ4n) is 2.26. The molecular formula is C14H21ClN4. The number of halogens is 1. The minimum Gasteiger partial charge on any atom is -0.309 e. The molecule has 0 saturated heterocycles. The van der Waals surface area contributed by atoms with Crippen LogP contribution in [-0.2, 0) is 5.88 Å². The van der Waals surface area contributed by atoms with Crippen molar-refractivity contribution in [2.24, 2.45) is 0 Å². The first-order valence-corrected chi connectivity index (χ1v) is 7.10. The van der Waals surface area contributed by atoms with Crippen LogP contribution in [0.15, 0.2) is 12.3 Å². The van der Waals surface area contributed by atoms with Crippen LogP contribution in [0, 0.1) is 6.92 Å². The number of pyridine rings is 1. The largest absolute Gasteiger partial charge is 0.309 e. The Balaban J connectivity index is 2.39. The molecule has 0 aliphatic heterocycles. The number of nitrogens with zero attached hydrogens (tertiary/aromatic N) is 4. The van der Waals surface area contributed by atoms with Crippen molar-refractivity contribution in [3.8, 4) is 0 Å². The molecule has 2 aromatic heterocycles. The maximum Gasteiger partial charge on any atom is 0.160 e. The van der Waals surface area contributed by atoms with Gasteiger partial charge in [-0.2, -0.15) is 0 Å². The van der Waals surface area contributed by atoms with Crippen molar-refractivity contribution in [1.29, 1.82) is 0 Å². The summed E-state index contributed by atoms with van der Waals surface area (Å²) in [5, 5.41) is 0. The van der Waals surface area contributed by atoms with Gasteiger partial charge in [0, 0.05) is 12.2 Å². The smallest absolute Gasteiger partial charge is 0.160 e. The lowest BCUT2D eigenvalue weighted by molar-refractivity contribution is 0.358. The van der Waals surface area contributed by atoms with Crippen molar-refractivity contribution >= 4 is 22.8 Å². The van der Waals surface area contributed by atoms with Crippen molar-refractivity contribution in [2.45, 2.75) is 32.2 Å². The minimum atomic E-state index is 0.344. The molecule has 1 atom stereocenters. The van der Waals surface area contributed by atoms with E-state index in [9.17, 15) is 0 Å². The van der Waals surface area contributed by atoms with Gasteiger partial charge in [-0.25, -0.2) is 9.97 Å². The first kappa shape index (κ1) is 14.3. The highest BCUT2D eigenvalue weighted by molar-refractivity contribution is 6.16. The molecule has 0 aromatic carbocycles. The number of fused-ring (bicyclic) bond motifs is 1. The van der Waals surface area contributed by atoms with E-state index in [-0.39, 0.29) is 0 Å². The Bertz CT molecular complexity index is 562. The summed E-state index contributed by atoms with van der Waals surface area (Å²) in [7, 11) is 4.17. The molecule has 2 rings (SSSR count). The molecule has 0 aliphatic rings. The first-order chi connectivity index (χ1) is 9.02. The number of hydrogen-bond donors (Lipinski definition) is 0. The predicted molar refractivity (Wildman–Crippen MR) is 79.7 cm³/mol. The second-order valence-corrected chi connectivity index (χ2v) is 5.60. The number of imidazole rings is 1. The summed E-state index contributed by atoms with van der Waals surface area (Å²) >= 11 is 6.03. The zero-order chi connectivity index (χ0) is 14.0. The van der Waals surface area contributed by atoms with E-state index < -0.39 is 0 Å². The summed E-state index contributed by atoms with van der Waals surface area (Å²) in [6.07, 6.45) is 2.94. The summed E-state index contributed by atoms with van der Waals surface area (Å²) in [4.78, 5) is 11.3. The molecule has 0 spiro atoms. The van der Waals surface area contributed by atoms with E-state index in [2.05, 4.69) is 46.5 Å². The quantitative estimate of drug-likeness (QED) is 0.790. The number of aryl methyl sites for hydroxylation is 1. The standard InChI is InChI=1S/C14H21ClN4/c1-10-7-12-14(16-9-10)19(13(8-15)17-12)11(2)5-6-18(3)4/h7,9,11H,5-6,8H2,1-4H3. The van der Waals surface area contributed by atoms with Crippen LogP contribution in [0.25, 0.3) is 11.2 Å². The molecule has 104 valence electrons. The van der Waals surface area contributed by atoms with Crippen LogP contribution in [0.1, 0.15) is 30.8 Å². The normalized spacial score (nSPS) is 13.4. The van der Waals surface area contributed by atoms with Crippen LogP contribution in [-0.4, -0.2) is 40.1 Å². The average Bonchev–Trinajstić information content (AvgIpc) is 2.73. The molecule has 2 aromatic rings.